The number of carbonyl (C=O) groups excluding carboxylic acids is 1. The van der Waals surface area contributed by atoms with Crippen LogP contribution in [-0.2, 0) is 9.53 Å². The van der Waals surface area contributed by atoms with Crippen LogP contribution in [0, 0.1) is 5.92 Å². The average molecular weight is 255 g/mol. The highest BCUT2D eigenvalue weighted by molar-refractivity contribution is 5.70. The predicted molar refractivity (Wildman–Crippen MR) is 74.5 cm³/mol. The third kappa shape index (κ3) is 5.85. The van der Waals surface area contributed by atoms with Gasteiger partial charge in [-0.1, -0.05) is 19.8 Å². The second kappa shape index (κ2) is 6.55. The molecule has 1 fully saturated rings. The molecule has 0 saturated heterocycles. The smallest absolute Gasteiger partial charge is 0.307 e. The molecule has 0 N–H and O–H groups in total. The van der Waals surface area contributed by atoms with Crippen LogP contribution in [0.4, 0.5) is 0 Å². The van der Waals surface area contributed by atoms with Crippen LogP contribution in [0.15, 0.2) is 0 Å². The Balaban J connectivity index is 2.28. The Hall–Kier alpha value is -0.570. The molecular formula is C15H29NO2. The third-order valence-corrected chi connectivity index (χ3v) is 3.62. The highest BCUT2D eigenvalue weighted by atomic mass is 16.6. The molecule has 0 aromatic carbocycles. The lowest BCUT2D eigenvalue weighted by atomic mass is 9.86. The molecule has 0 spiro atoms. The number of carbonyl (C=O) groups is 1. The predicted octanol–water partition coefficient (Wildman–Crippen LogP) is 3.23. The van der Waals surface area contributed by atoms with Crippen molar-refractivity contribution in [1.29, 1.82) is 0 Å². The van der Waals surface area contributed by atoms with Gasteiger partial charge in [-0.25, -0.2) is 0 Å². The van der Waals surface area contributed by atoms with Crippen LogP contribution < -0.4 is 0 Å². The fraction of sp³-hybridized carbons (Fsp3) is 0.933. The van der Waals surface area contributed by atoms with Crippen molar-refractivity contribution in [2.24, 2.45) is 5.92 Å². The van der Waals surface area contributed by atoms with E-state index in [1.165, 1.54) is 25.7 Å². The minimum absolute atomic E-state index is 0.0850. The zero-order valence-electron chi connectivity index (χ0n) is 12.7. The number of rotatable bonds is 4. The monoisotopic (exact) mass is 255 g/mol. The first-order valence-corrected chi connectivity index (χ1v) is 7.20. The second-order valence-corrected chi connectivity index (χ2v) is 6.74. The Morgan fingerprint density at radius 1 is 1.33 bits per heavy atom. The molecule has 2 atom stereocenters. The fourth-order valence-corrected chi connectivity index (χ4v) is 2.65. The van der Waals surface area contributed by atoms with Crippen LogP contribution in [0.1, 0.15) is 59.8 Å². The first-order valence-electron chi connectivity index (χ1n) is 7.20. The van der Waals surface area contributed by atoms with Gasteiger partial charge in [0.05, 0.1) is 6.42 Å². The van der Waals surface area contributed by atoms with Crippen LogP contribution in [0.5, 0.6) is 0 Å². The lowest BCUT2D eigenvalue weighted by molar-refractivity contribution is -0.155. The summed E-state index contributed by atoms with van der Waals surface area (Å²) in [5.41, 5.74) is -0.366. The maximum atomic E-state index is 11.7. The van der Waals surface area contributed by atoms with Gasteiger partial charge in [0.15, 0.2) is 0 Å². The Kier molecular flexibility index (Phi) is 5.64. The quantitative estimate of drug-likeness (QED) is 0.722. The van der Waals surface area contributed by atoms with Crippen molar-refractivity contribution in [2.45, 2.75) is 71.4 Å². The molecule has 0 aliphatic heterocycles. The van der Waals surface area contributed by atoms with Crippen molar-refractivity contribution >= 4 is 5.97 Å². The van der Waals surface area contributed by atoms with Gasteiger partial charge in [0.1, 0.15) is 5.60 Å². The van der Waals surface area contributed by atoms with E-state index in [0.29, 0.717) is 12.5 Å². The number of hydrogen-bond donors (Lipinski definition) is 0. The summed E-state index contributed by atoms with van der Waals surface area (Å²) < 4.78 is 5.33. The topological polar surface area (TPSA) is 29.5 Å². The van der Waals surface area contributed by atoms with E-state index < -0.39 is 0 Å². The Labute approximate surface area is 112 Å². The van der Waals surface area contributed by atoms with Gasteiger partial charge >= 0.3 is 5.97 Å². The van der Waals surface area contributed by atoms with E-state index in [2.05, 4.69) is 18.9 Å². The molecule has 0 aromatic rings. The molecule has 0 heterocycles. The molecule has 18 heavy (non-hydrogen) atoms. The maximum Gasteiger partial charge on any atom is 0.307 e. The van der Waals surface area contributed by atoms with E-state index in [0.717, 1.165) is 12.5 Å². The molecule has 1 aliphatic rings. The zero-order chi connectivity index (χ0) is 13.8. The van der Waals surface area contributed by atoms with Crippen molar-refractivity contribution < 1.29 is 9.53 Å². The van der Waals surface area contributed by atoms with Crippen molar-refractivity contribution in [3.63, 3.8) is 0 Å². The molecule has 0 aromatic heterocycles. The Bertz CT molecular complexity index is 270. The molecule has 0 amide bonds. The summed E-state index contributed by atoms with van der Waals surface area (Å²) in [6, 6.07) is 0.649. The Morgan fingerprint density at radius 3 is 2.56 bits per heavy atom. The molecule has 1 aliphatic carbocycles. The number of nitrogens with zero attached hydrogens (tertiary/aromatic N) is 1. The summed E-state index contributed by atoms with van der Waals surface area (Å²) in [7, 11) is 2.13. The minimum atomic E-state index is -0.366. The van der Waals surface area contributed by atoms with Gasteiger partial charge in [-0.2, -0.15) is 0 Å². The summed E-state index contributed by atoms with van der Waals surface area (Å²) in [5, 5.41) is 0. The normalized spacial score (nSPS) is 25.2. The molecule has 1 saturated carbocycles. The third-order valence-electron chi connectivity index (χ3n) is 3.62. The molecule has 2 unspecified atom stereocenters. The molecule has 3 nitrogen and oxygen atoms in total. The summed E-state index contributed by atoms with van der Waals surface area (Å²) in [5.74, 6) is 0.742. The number of hydrogen-bond acceptors (Lipinski definition) is 3. The largest absolute Gasteiger partial charge is 0.460 e. The maximum absolute atomic E-state index is 11.7. The lowest BCUT2D eigenvalue weighted by Gasteiger charge is -2.34. The van der Waals surface area contributed by atoms with E-state index in [4.69, 9.17) is 4.74 Å². The lowest BCUT2D eigenvalue weighted by Crippen LogP contribution is -2.37. The van der Waals surface area contributed by atoms with Crippen LogP contribution >= 0.6 is 0 Å². The van der Waals surface area contributed by atoms with Crippen LogP contribution in [-0.4, -0.2) is 36.1 Å². The van der Waals surface area contributed by atoms with Gasteiger partial charge in [0.2, 0.25) is 0 Å². The van der Waals surface area contributed by atoms with Crippen molar-refractivity contribution in [3.05, 3.63) is 0 Å². The minimum Gasteiger partial charge on any atom is -0.460 e. The second-order valence-electron chi connectivity index (χ2n) is 6.74. The molecular weight excluding hydrogens is 226 g/mol. The number of esters is 1. The average Bonchev–Trinajstić information content (AvgIpc) is 2.23. The van der Waals surface area contributed by atoms with E-state index >= 15 is 0 Å². The molecule has 0 bridgehead atoms. The van der Waals surface area contributed by atoms with Gasteiger partial charge in [-0.3, -0.25) is 4.79 Å². The Morgan fingerprint density at radius 2 is 2.00 bits per heavy atom. The molecule has 3 heteroatoms. The van der Waals surface area contributed by atoms with E-state index in [9.17, 15) is 4.79 Å². The van der Waals surface area contributed by atoms with Gasteiger partial charge in [0, 0.05) is 12.6 Å². The highest BCUT2D eigenvalue weighted by Gasteiger charge is 2.23. The van der Waals surface area contributed by atoms with Gasteiger partial charge in [-0.05, 0) is 46.6 Å². The first kappa shape index (κ1) is 15.5. The fourth-order valence-electron chi connectivity index (χ4n) is 2.65. The standard InChI is InChI=1S/C15H29NO2/c1-12-7-6-8-13(11-12)16(5)10-9-14(17)18-15(2,3)4/h12-13H,6-11H2,1-5H3. The van der Waals surface area contributed by atoms with Gasteiger partial charge < -0.3 is 9.64 Å². The first-order chi connectivity index (χ1) is 8.28. The zero-order valence-corrected chi connectivity index (χ0v) is 12.7. The van der Waals surface area contributed by atoms with Crippen LogP contribution in [0.3, 0.4) is 0 Å². The van der Waals surface area contributed by atoms with E-state index in [-0.39, 0.29) is 11.6 Å². The summed E-state index contributed by atoms with van der Waals surface area (Å²) in [4.78, 5) is 14.0. The van der Waals surface area contributed by atoms with Gasteiger partial charge in [0.25, 0.3) is 0 Å². The molecule has 1 rings (SSSR count). The van der Waals surface area contributed by atoms with Gasteiger partial charge in [-0.15, -0.1) is 0 Å². The SMILES string of the molecule is CC1CCCC(N(C)CCC(=O)OC(C)(C)C)C1. The van der Waals surface area contributed by atoms with Crippen LogP contribution in [0.2, 0.25) is 0 Å². The van der Waals surface area contributed by atoms with Crippen LogP contribution in [0.25, 0.3) is 0 Å². The summed E-state index contributed by atoms with van der Waals surface area (Å²) in [6.45, 7) is 8.88. The van der Waals surface area contributed by atoms with Crippen molar-refractivity contribution in [1.82, 2.24) is 4.90 Å². The molecule has 106 valence electrons. The highest BCUT2D eigenvalue weighted by Crippen LogP contribution is 2.26. The molecule has 0 radical (unpaired) electrons. The number of ether oxygens (including phenoxy) is 1. The van der Waals surface area contributed by atoms with E-state index in [1.54, 1.807) is 0 Å². The van der Waals surface area contributed by atoms with Crippen molar-refractivity contribution in [2.75, 3.05) is 13.6 Å². The van der Waals surface area contributed by atoms with E-state index in [1.807, 2.05) is 20.8 Å². The summed E-state index contributed by atoms with van der Waals surface area (Å²) in [6.07, 6.45) is 5.72. The summed E-state index contributed by atoms with van der Waals surface area (Å²) >= 11 is 0. The van der Waals surface area contributed by atoms with Crippen molar-refractivity contribution in [3.8, 4) is 0 Å².